The number of hydrogen-bond donors (Lipinski definition) is 1. The number of carbonyl (C=O) groups is 2. The van der Waals surface area contributed by atoms with Crippen molar-refractivity contribution in [3.63, 3.8) is 0 Å². The maximum atomic E-state index is 12.8. The molecular weight excluding hydrogens is 460 g/mol. The van der Waals surface area contributed by atoms with Gasteiger partial charge < -0.3 is 9.84 Å². The second kappa shape index (κ2) is 8.59. The summed E-state index contributed by atoms with van der Waals surface area (Å²) >= 11 is 0. The smallest absolute Gasteiger partial charge is 0.309 e. The third kappa shape index (κ3) is 3.45. The highest BCUT2D eigenvalue weighted by molar-refractivity contribution is 5.76. The predicted molar refractivity (Wildman–Crippen MR) is 147 cm³/mol. The van der Waals surface area contributed by atoms with Gasteiger partial charge in [-0.3, -0.25) is 9.59 Å². The van der Waals surface area contributed by atoms with Gasteiger partial charge in [-0.25, -0.2) is 0 Å². The molecule has 4 unspecified atom stereocenters. The number of hydrogen-bond acceptors (Lipinski definition) is 3. The van der Waals surface area contributed by atoms with Crippen LogP contribution in [0, 0.1) is 56.7 Å². The van der Waals surface area contributed by atoms with Gasteiger partial charge in [0.15, 0.2) is 0 Å². The van der Waals surface area contributed by atoms with Crippen LogP contribution in [0.2, 0.25) is 0 Å². The molecular formula is C33H52O4. The van der Waals surface area contributed by atoms with Crippen molar-refractivity contribution in [2.75, 3.05) is 0 Å². The van der Waals surface area contributed by atoms with E-state index in [1.807, 2.05) is 6.92 Å². The maximum Gasteiger partial charge on any atom is 0.309 e. The van der Waals surface area contributed by atoms with Crippen LogP contribution in [0.25, 0.3) is 0 Å². The van der Waals surface area contributed by atoms with Crippen molar-refractivity contribution in [3.05, 3.63) is 12.2 Å². The zero-order valence-electron chi connectivity index (χ0n) is 24.6. The molecule has 10 atom stereocenters. The van der Waals surface area contributed by atoms with Gasteiger partial charge in [-0.2, -0.15) is 0 Å². The van der Waals surface area contributed by atoms with Crippen molar-refractivity contribution in [2.45, 2.75) is 125 Å². The summed E-state index contributed by atoms with van der Waals surface area (Å²) in [4.78, 5) is 25.1. The summed E-state index contributed by atoms with van der Waals surface area (Å²) in [6, 6.07) is 0. The number of ether oxygens (including phenoxy) is 1. The van der Waals surface area contributed by atoms with Crippen LogP contribution in [0.5, 0.6) is 0 Å². The monoisotopic (exact) mass is 512 g/mol. The number of fused-ring (bicyclic) bond motifs is 7. The van der Waals surface area contributed by atoms with Gasteiger partial charge in [0, 0.05) is 11.8 Å². The minimum Gasteiger partial charge on any atom is -0.481 e. The van der Waals surface area contributed by atoms with Crippen LogP contribution in [-0.4, -0.2) is 23.1 Å². The number of allylic oxidation sites excluding steroid dienone is 1. The highest BCUT2D eigenvalue weighted by atomic mass is 16.5. The molecule has 4 heteroatoms. The summed E-state index contributed by atoms with van der Waals surface area (Å²) in [6.07, 6.45) is 10.9. The van der Waals surface area contributed by atoms with Crippen LogP contribution in [0.3, 0.4) is 0 Å². The number of carboxylic acids is 1. The Balaban J connectivity index is 1.50. The average molecular weight is 513 g/mol. The Kier molecular flexibility index (Phi) is 6.33. The first-order chi connectivity index (χ1) is 17.2. The van der Waals surface area contributed by atoms with Crippen LogP contribution in [-0.2, 0) is 14.3 Å². The van der Waals surface area contributed by atoms with Gasteiger partial charge >= 0.3 is 11.9 Å². The second-order valence-corrected chi connectivity index (χ2v) is 15.3. The molecule has 0 aromatic rings. The van der Waals surface area contributed by atoms with E-state index in [9.17, 15) is 14.7 Å². The molecule has 0 heterocycles. The third-order valence-electron chi connectivity index (χ3n) is 14.0. The van der Waals surface area contributed by atoms with E-state index in [4.69, 9.17) is 4.74 Å². The first kappa shape index (κ1) is 27.3. The van der Waals surface area contributed by atoms with E-state index in [0.717, 1.165) is 44.9 Å². The quantitative estimate of drug-likeness (QED) is 0.306. The molecule has 0 spiro atoms. The van der Waals surface area contributed by atoms with Crippen molar-refractivity contribution >= 4 is 11.9 Å². The fourth-order valence-electron chi connectivity index (χ4n) is 11.9. The van der Waals surface area contributed by atoms with Gasteiger partial charge in [-0.1, -0.05) is 53.7 Å². The van der Waals surface area contributed by atoms with Crippen LogP contribution >= 0.6 is 0 Å². The molecule has 208 valence electrons. The Morgan fingerprint density at radius 1 is 0.865 bits per heavy atom. The molecule has 37 heavy (non-hydrogen) atoms. The molecule has 0 saturated heterocycles. The molecule has 4 nitrogen and oxygen atoms in total. The Hall–Kier alpha value is -1.32. The fourth-order valence-corrected chi connectivity index (χ4v) is 11.9. The second-order valence-electron chi connectivity index (χ2n) is 15.3. The molecule has 5 saturated carbocycles. The number of aliphatic carboxylic acids is 1. The van der Waals surface area contributed by atoms with Gasteiger partial charge in [0.05, 0.1) is 5.41 Å². The molecule has 5 fully saturated rings. The van der Waals surface area contributed by atoms with Crippen molar-refractivity contribution in [3.8, 4) is 0 Å². The minimum absolute atomic E-state index is 0.00924. The molecule has 0 bridgehead atoms. The third-order valence-corrected chi connectivity index (χ3v) is 14.0. The van der Waals surface area contributed by atoms with E-state index >= 15 is 0 Å². The number of carbonyl (C=O) groups excluding carboxylic acids is 1. The normalized spacial score (nSPS) is 50.1. The van der Waals surface area contributed by atoms with E-state index in [1.165, 1.54) is 24.8 Å². The minimum atomic E-state index is -0.554. The van der Waals surface area contributed by atoms with E-state index in [1.54, 1.807) is 0 Å². The topological polar surface area (TPSA) is 63.6 Å². The molecule has 5 aliphatic rings. The zero-order valence-corrected chi connectivity index (χ0v) is 24.6. The van der Waals surface area contributed by atoms with Gasteiger partial charge in [0.25, 0.3) is 0 Å². The lowest BCUT2D eigenvalue weighted by Gasteiger charge is -2.72. The molecule has 5 aliphatic carbocycles. The summed E-state index contributed by atoms with van der Waals surface area (Å²) in [5, 5.41) is 10.6. The standard InChI is InChI=1S/C33H52O4/c1-9-26(34)37-25-14-15-30(6)23(29(25,4)5)13-16-32(8)24(30)11-10-22-27-21(20(2)3)12-17-33(27,28(35)36)19-18-31(22,32)7/h21-25,27H,2,9-19H2,1,3-8H3,(H,35,36)/t21-,22?,23?,24?,25-,27?,30-,31+,32+,33-/m0/s1. The van der Waals surface area contributed by atoms with Gasteiger partial charge in [0.2, 0.25) is 0 Å². The van der Waals surface area contributed by atoms with E-state index in [-0.39, 0.29) is 39.7 Å². The summed E-state index contributed by atoms with van der Waals surface area (Å²) in [7, 11) is 0. The van der Waals surface area contributed by atoms with Crippen molar-refractivity contribution in [1.82, 2.24) is 0 Å². The van der Waals surface area contributed by atoms with Gasteiger partial charge in [0.1, 0.15) is 6.10 Å². The Morgan fingerprint density at radius 2 is 1.57 bits per heavy atom. The number of rotatable bonds is 4. The maximum absolute atomic E-state index is 12.8. The summed E-state index contributed by atoms with van der Waals surface area (Å²) in [6.45, 7) is 20.8. The molecule has 1 N–H and O–H groups in total. The molecule has 0 aromatic heterocycles. The van der Waals surface area contributed by atoms with E-state index in [0.29, 0.717) is 30.1 Å². The molecule has 5 rings (SSSR count). The predicted octanol–water partition coefficient (Wildman–Crippen LogP) is 8.05. The van der Waals surface area contributed by atoms with E-state index < -0.39 is 11.4 Å². The van der Waals surface area contributed by atoms with E-state index in [2.05, 4.69) is 48.1 Å². The molecule has 0 aromatic carbocycles. The molecule has 0 aliphatic heterocycles. The Morgan fingerprint density at radius 3 is 2.19 bits per heavy atom. The lowest BCUT2D eigenvalue weighted by atomic mass is 9.32. The first-order valence-corrected chi connectivity index (χ1v) is 15.3. The largest absolute Gasteiger partial charge is 0.481 e. The summed E-state index contributed by atoms with van der Waals surface area (Å²) in [5.41, 5.74) is 1.20. The zero-order chi connectivity index (χ0) is 27.2. The average Bonchev–Trinajstić information content (AvgIpc) is 3.23. The highest BCUT2D eigenvalue weighted by Gasteiger charge is 2.72. The van der Waals surface area contributed by atoms with Gasteiger partial charge in [-0.15, -0.1) is 0 Å². The number of carboxylic acid groups (broad SMARTS) is 1. The molecule has 0 amide bonds. The van der Waals surface area contributed by atoms with Crippen molar-refractivity contribution in [1.29, 1.82) is 0 Å². The van der Waals surface area contributed by atoms with Crippen molar-refractivity contribution in [2.24, 2.45) is 56.7 Å². The van der Waals surface area contributed by atoms with Crippen LogP contribution in [0.4, 0.5) is 0 Å². The van der Waals surface area contributed by atoms with Crippen LogP contribution in [0.15, 0.2) is 12.2 Å². The fraction of sp³-hybridized carbons (Fsp3) is 0.879. The summed E-state index contributed by atoms with van der Waals surface area (Å²) in [5.74, 6) is 1.58. The molecule has 0 radical (unpaired) electrons. The summed E-state index contributed by atoms with van der Waals surface area (Å²) < 4.78 is 6.03. The van der Waals surface area contributed by atoms with Crippen molar-refractivity contribution < 1.29 is 19.4 Å². The number of esters is 1. The lowest BCUT2D eigenvalue weighted by molar-refractivity contribution is -0.250. The first-order valence-electron chi connectivity index (χ1n) is 15.3. The van der Waals surface area contributed by atoms with Gasteiger partial charge in [-0.05, 0) is 117 Å². The Bertz CT molecular complexity index is 983. The highest BCUT2D eigenvalue weighted by Crippen LogP contribution is 2.77. The lowest BCUT2D eigenvalue weighted by Crippen LogP contribution is -2.67. The SMILES string of the molecule is C=C(C)[C@@H]1CC[C@]2(C(=O)O)CC[C@]3(C)C(CCC4[C@@]5(C)CC[C@H](OC(=O)CC)C(C)(C)C5CC[C@]43C)C12. The van der Waals surface area contributed by atoms with Crippen LogP contribution in [0.1, 0.15) is 119 Å². The Labute approximate surface area is 225 Å². The van der Waals surface area contributed by atoms with Crippen LogP contribution < -0.4 is 0 Å².